The van der Waals surface area contributed by atoms with Crippen LogP contribution < -0.4 is 0 Å². The monoisotopic (exact) mass is 692 g/mol. The van der Waals surface area contributed by atoms with Gasteiger partial charge >= 0.3 is 0 Å². The average Bonchev–Trinajstić information content (AvgIpc) is 3.63. The van der Waals surface area contributed by atoms with Gasteiger partial charge in [-0.1, -0.05) is 121 Å². The zero-order valence-electron chi connectivity index (χ0n) is 31.1. The Morgan fingerprint density at radius 1 is 0.519 bits per heavy atom. The second-order valence-electron chi connectivity index (χ2n) is 15.1. The molecule has 7 aromatic carbocycles. The van der Waals surface area contributed by atoms with Crippen LogP contribution in [0.4, 0.5) is 0 Å². The number of hydrogen-bond donors (Lipinski definition) is 0. The van der Waals surface area contributed by atoms with Crippen molar-refractivity contribution in [2.24, 2.45) is 4.99 Å². The van der Waals surface area contributed by atoms with E-state index in [1.165, 1.54) is 82.7 Å². The van der Waals surface area contributed by atoms with E-state index < -0.39 is 0 Å². The summed E-state index contributed by atoms with van der Waals surface area (Å²) < 4.78 is 0. The summed E-state index contributed by atoms with van der Waals surface area (Å²) in [4.78, 5) is 10.2. The molecule has 10 rings (SSSR count). The van der Waals surface area contributed by atoms with Gasteiger partial charge in [0.2, 0.25) is 0 Å². The van der Waals surface area contributed by atoms with Crippen molar-refractivity contribution in [1.82, 2.24) is 4.98 Å². The summed E-state index contributed by atoms with van der Waals surface area (Å²) in [7, 11) is 0. The lowest BCUT2D eigenvalue weighted by Crippen LogP contribution is -2.22. The highest BCUT2D eigenvalue weighted by Gasteiger charge is 2.43. The van der Waals surface area contributed by atoms with Crippen molar-refractivity contribution in [1.29, 1.82) is 0 Å². The Balaban J connectivity index is 1.41. The highest BCUT2D eigenvalue weighted by atomic mass is 14.7. The molecule has 2 aliphatic carbocycles. The van der Waals surface area contributed by atoms with E-state index in [1.54, 1.807) is 0 Å². The Labute approximate surface area is 317 Å². The Kier molecular flexibility index (Phi) is 7.22. The molecule has 2 unspecified atom stereocenters. The Hall–Kier alpha value is -6.38. The molecular weight excluding hydrogens is 653 g/mol. The van der Waals surface area contributed by atoms with Gasteiger partial charge in [-0.2, -0.15) is 0 Å². The average molecular weight is 693 g/mol. The van der Waals surface area contributed by atoms with Crippen LogP contribution in [0.5, 0.6) is 0 Å². The topological polar surface area (TPSA) is 25.2 Å². The quantitative estimate of drug-likeness (QED) is 0.130. The van der Waals surface area contributed by atoms with E-state index in [0.717, 1.165) is 17.0 Å². The van der Waals surface area contributed by atoms with Crippen molar-refractivity contribution in [2.75, 3.05) is 0 Å². The fraction of sp³-hybridized carbons (Fsp3) is 0.115. The van der Waals surface area contributed by atoms with Gasteiger partial charge < -0.3 is 0 Å². The van der Waals surface area contributed by atoms with Crippen LogP contribution in [-0.4, -0.2) is 10.7 Å². The minimum Gasteiger partial charge on any atom is -0.261 e. The highest BCUT2D eigenvalue weighted by molar-refractivity contribution is 6.27. The maximum Gasteiger partial charge on any atom is 0.0714 e. The Bertz CT molecular complexity index is 2850. The van der Waals surface area contributed by atoms with Gasteiger partial charge in [0.05, 0.1) is 5.69 Å². The lowest BCUT2D eigenvalue weighted by atomic mass is 9.72. The molecule has 0 N–H and O–H groups in total. The molecule has 8 aromatic rings. The number of allylic oxidation sites excluding steroid dienone is 1. The van der Waals surface area contributed by atoms with Gasteiger partial charge in [0.15, 0.2) is 0 Å². The first-order valence-corrected chi connectivity index (χ1v) is 18.9. The molecule has 2 nitrogen and oxygen atoms in total. The van der Waals surface area contributed by atoms with Crippen LogP contribution in [0.2, 0.25) is 0 Å². The predicted molar refractivity (Wildman–Crippen MR) is 227 cm³/mol. The summed E-state index contributed by atoms with van der Waals surface area (Å²) in [5.41, 5.74) is 16.6. The molecule has 0 aliphatic heterocycles. The van der Waals surface area contributed by atoms with E-state index in [-0.39, 0.29) is 10.8 Å². The van der Waals surface area contributed by atoms with Gasteiger partial charge in [-0.25, -0.2) is 0 Å². The van der Waals surface area contributed by atoms with E-state index in [4.69, 9.17) is 9.98 Å². The molecule has 258 valence electrons. The molecule has 0 bridgehead atoms. The molecule has 1 aromatic heterocycles. The molecule has 0 saturated carbocycles. The van der Waals surface area contributed by atoms with Gasteiger partial charge in [-0.3, -0.25) is 9.98 Å². The van der Waals surface area contributed by atoms with Crippen LogP contribution in [0.25, 0.3) is 55.1 Å². The first-order chi connectivity index (χ1) is 26.4. The van der Waals surface area contributed by atoms with Crippen LogP contribution in [0.3, 0.4) is 0 Å². The number of fused-ring (bicyclic) bond motifs is 8. The minimum absolute atomic E-state index is 0.332. The summed E-state index contributed by atoms with van der Waals surface area (Å²) in [5.74, 6) is 0. The second kappa shape index (κ2) is 12.1. The van der Waals surface area contributed by atoms with E-state index in [2.05, 4.69) is 166 Å². The van der Waals surface area contributed by atoms with Gasteiger partial charge in [0, 0.05) is 40.1 Å². The molecule has 0 radical (unpaired) electrons. The van der Waals surface area contributed by atoms with Crippen molar-refractivity contribution in [3.05, 3.63) is 209 Å². The van der Waals surface area contributed by atoms with Crippen molar-refractivity contribution < 1.29 is 0 Å². The third-order valence-electron chi connectivity index (χ3n) is 12.4. The fourth-order valence-corrected chi connectivity index (χ4v) is 9.78. The molecule has 2 aliphatic rings. The number of benzene rings is 7. The summed E-state index contributed by atoms with van der Waals surface area (Å²) in [5, 5.41) is 4.77. The smallest absolute Gasteiger partial charge is 0.0714 e. The van der Waals surface area contributed by atoms with Crippen molar-refractivity contribution in [3.8, 4) is 33.5 Å². The molecule has 54 heavy (non-hydrogen) atoms. The molecule has 1 heterocycles. The summed E-state index contributed by atoms with van der Waals surface area (Å²) in [6, 6.07) is 56.1. The third kappa shape index (κ3) is 4.40. The number of nitrogens with zero attached hydrogens (tertiary/aromatic N) is 2. The van der Waals surface area contributed by atoms with Crippen LogP contribution in [0, 0.1) is 0 Å². The van der Waals surface area contributed by atoms with Crippen LogP contribution in [-0.2, 0) is 10.8 Å². The lowest BCUT2D eigenvalue weighted by molar-refractivity contribution is 0.714. The van der Waals surface area contributed by atoms with Gasteiger partial charge in [-0.05, 0) is 141 Å². The molecular formula is C52H40N2. The summed E-state index contributed by atoms with van der Waals surface area (Å²) in [6.45, 7) is 8.99. The molecule has 0 amide bonds. The van der Waals surface area contributed by atoms with Crippen LogP contribution >= 0.6 is 0 Å². The minimum atomic E-state index is -0.333. The van der Waals surface area contributed by atoms with Gasteiger partial charge in [0.25, 0.3) is 0 Å². The van der Waals surface area contributed by atoms with Crippen LogP contribution in [0.1, 0.15) is 66.6 Å². The number of aliphatic imine (C=N–C) groups is 1. The van der Waals surface area contributed by atoms with E-state index in [1.807, 2.05) is 31.5 Å². The maximum atomic E-state index is 5.08. The normalized spacial score (nSPS) is 18.6. The number of pyridine rings is 1. The third-order valence-corrected chi connectivity index (χ3v) is 12.4. The summed E-state index contributed by atoms with van der Waals surface area (Å²) >= 11 is 0. The predicted octanol–water partition coefficient (Wildman–Crippen LogP) is 13.1. The van der Waals surface area contributed by atoms with Gasteiger partial charge in [0.1, 0.15) is 0 Å². The maximum absolute atomic E-state index is 5.08. The van der Waals surface area contributed by atoms with E-state index in [9.17, 15) is 0 Å². The first-order valence-electron chi connectivity index (χ1n) is 18.9. The molecule has 0 spiro atoms. The van der Waals surface area contributed by atoms with Crippen molar-refractivity contribution in [2.45, 2.75) is 38.5 Å². The zero-order chi connectivity index (χ0) is 36.6. The number of hydrogen-bond acceptors (Lipinski definition) is 2. The highest BCUT2D eigenvalue weighted by Crippen LogP contribution is 2.57. The van der Waals surface area contributed by atoms with Crippen LogP contribution in [0.15, 0.2) is 175 Å². The lowest BCUT2D eigenvalue weighted by Gasteiger charge is -2.30. The SMILES string of the molecule is C/C=C\N=C(C)c1c2cc3c(cc2c(-c2ccccn2)c2cc4c(cc12)-c1ccccc1C4(C)c1ccccc1)-c1ccccc1C3(C)c1ccccc1. The second-order valence-corrected chi connectivity index (χ2v) is 15.1. The fourth-order valence-electron chi connectivity index (χ4n) is 9.78. The first kappa shape index (κ1) is 32.3. The Morgan fingerprint density at radius 2 is 1.00 bits per heavy atom. The molecule has 2 heteroatoms. The van der Waals surface area contributed by atoms with Gasteiger partial charge in [-0.15, -0.1) is 0 Å². The molecule has 0 saturated heterocycles. The standard InChI is InChI=1S/C52H40N2/c1-5-27-53-33(2)49-40-29-38-36-22-12-14-24-44(36)52(4,35-20-10-7-11-21-35)47(38)32-43(40)50(48-26-16-17-28-54-48)41-30-39-37-23-13-15-25-45(37)51(3,46(39)31-42(41)49)34-18-8-6-9-19-34/h5-32H,1-4H3/b27-5-,53-33?. The largest absolute Gasteiger partial charge is 0.261 e. The Morgan fingerprint density at radius 3 is 1.56 bits per heavy atom. The molecule has 0 fully saturated rings. The summed E-state index contributed by atoms with van der Waals surface area (Å²) in [6.07, 6.45) is 5.86. The van der Waals surface area contributed by atoms with Crippen molar-refractivity contribution in [3.63, 3.8) is 0 Å². The zero-order valence-corrected chi connectivity index (χ0v) is 31.1. The van der Waals surface area contributed by atoms with Crippen molar-refractivity contribution >= 4 is 27.3 Å². The van der Waals surface area contributed by atoms with E-state index >= 15 is 0 Å². The number of aromatic nitrogens is 1. The molecule has 2 atom stereocenters. The van der Waals surface area contributed by atoms with E-state index in [0.29, 0.717) is 0 Å². The number of rotatable bonds is 5.